The first-order valence-electron chi connectivity index (χ1n) is 16.1. The van der Waals surface area contributed by atoms with Crippen molar-refractivity contribution in [3.8, 4) is 33.4 Å². The Hall–Kier alpha value is -5.66. The van der Waals surface area contributed by atoms with Gasteiger partial charge in [0.1, 0.15) is 11.2 Å². The third kappa shape index (κ3) is 3.40. The Morgan fingerprint density at radius 2 is 0.978 bits per heavy atom. The molecule has 8 aromatic carbocycles. The second-order valence-corrected chi connectivity index (χ2v) is 13.2. The summed E-state index contributed by atoms with van der Waals surface area (Å²) in [5.41, 5.74) is 12.4. The molecule has 0 atom stereocenters. The Kier molecular flexibility index (Phi) is 5.12. The Balaban J connectivity index is 1.23. The second kappa shape index (κ2) is 9.19. The van der Waals surface area contributed by atoms with Crippen molar-refractivity contribution >= 4 is 54.3 Å². The maximum atomic E-state index is 6.19. The normalized spacial score (nSPS) is 13.6. The number of rotatable bonds is 2. The van der Waals surface area contributed by atoms with Crippen LogP contribution in [0, 0.1) is 0 Å². The van der Waals surface area contributed by atoms with E-state index in [1.54, 1.807) is 0 Å². The molecule has 46 heavy (non-hydrogen) atoms. The van der Waals surface area contributed by atoms with Crippen molar-refractivity contribution in [1.29, 1.82) is 0 Å². The molecule has 1 heteroatoms. The van der Waals surface area contributed by atoms with Crippen molar-refractivity contribution in [3.63, 3.8) is 0 Å². The van der Waals surface area contributed by atoms with Crippen LogP contribution in [0.1, 0.15) is 25.0 Å². The minimum Gasteiger partial charge on any atom is -0.456 e. The molecule has 0 bridgehead atoms. The average molecular weight is 587 g/mol. The van der Waals surface area contributed by atoms with E-state index in [1.165, 1.54) is 76.8 Å². The van der Waals surface area contributed by atoms with E-state index in [2.05, 4.69) is 147 Å². The fraction of sp³-hybridized carbons (Fsp3) is 0.0667. The first-order chi connectivity index (χ1) is 22.6. The molecule has 0 radical (unpaired) electrons. The monoisotopic (exact) mass is 586 g/mol. The third-order valence-corrected chi connectivity index (χ3v) is 10.4. The van der Waals surface area contributed by atoms with E-state index >= 15 is 0 Å². The summed E-state index contributed by atoms with van der Waals surface area (Å²) < 4.78 is 6.19. The molecule has 0 amide bonds. The van der Waals surface area contributed by atoms with Gasteiger partial charge in [-0.05, 0) is 101 Å². The third-order valence-electron chi connectivity index (χ3n) is 10.4. The molecule has 0 saturated heterocycles. The summed E-state index contributed by atoms with van der Waals surface area (Å²) in [4.78, 5) is 0. The van der Waals surface area contributed by atoms with Gasteiger partial charge in [0.2, 0.25) is 0 Å². The quantitative estimate of drug-likeness (QED) is 0.184. The van der Waals surface area contributed by atoms with E-state index in [1.807, 2.05) is 12.1 Å². The molecule has 1 nitrogen and oxygen atoms in total. The van der Waals surface area contributed by atoms with Crippen LogP contribution in [0.4, 0.5) is 0 Å². The number of hydrogen-bond acceptors (Lipinski definition) is 1. The summed E-state index contributed by atoms with van der Waals surface area (Å²) in [6, 6.07) is 53.5. The van der Waals surface area contributed by atoms with Crippen molar-refractivity contribution in [1.82, 2.24) is 0 Å². The number of hydrogen-bond donors (Lipinski definition) is 0. The van der Waals surface area contributed by atoms with Crippen LogP contribution in [0.15, 0.2) is 150 Å². The van der Waals surface area contributed by atoms with Gasteiger partial charge < -0.3 is 4.42 Å². The van der Waals surface area contributed by atoms with Gasteiger partial charge in [-0.15, -0.1) is 0 Å². The van der Waals surface area contributed by atoms with Crippen LogP contribution in [-0.2, 0) is 5.41 Å². The minimum atomic E-state index is -0.0462. The van der Waals surface area contributed by atoms with Gasteiger partial charge >= 0.3 is 0 Å². The van der Waals surface area contributed by atoms with Crippen molar-refractivity contribution in [3.05, 3.63) is 157 Å². The molecule has 0 fully saturated rings. The molecule has 1 aromatic heterocycles. The van der Waals surface area contributed by atoms with Gasteiger partial charge in [0.15, 0.2) is 0 Å². The zero-order valence-corrected chi connectivity index (χ0v) is 25.8. The minimum absolute atomic E-state index is 0.0462. The molecule has 0 N–H and O–H groups in total. The van der Waals surface area contributed by atoms with E-state index in [-0.39, 0.29) is 5.41 Å². The predicted molar refractivity (Wildman–Crippen MR) is 195 cm³/mol. The molecule has 1 heterocycles. The summed E-state index contributed by atoms with van der Waals surface area (Å²) >= 11 is 0. The topological polar surface area (TPSA) is 13.1 Å². The largest absolute Gasteiger partial charge is 0.456 e. The van der Waals surface area contributed by atoms with E-state index < -0.39 is 0 Å². The van der Waals surface area contributed by atoms with E-state index in [0.717, 1.165) is 21.9 Å². The molecule has 0 saturated carbocycles. The first-order valence-corrected chi connectivity index (χ1v) is 16.1. The molecular formula is C45H30O. The Morgan fingerprint density at radius 1 is 0.413 bits per heavy atom. The van der Waals surface area contributed by atoms with Crippen LogP contribution >= 0.6 is 0 Å². The Bertz CT molecular complexity index is 2660. The van der Waals surface area contributed by atoms with Gasteiger partial charge in [0, 0.05) is 16.2 Å². The van der Waals surface area contributed by atoms with E-state index in [0.29, 0.717) is 0 Å². The highest BCUT2D eigenvalue weighted by molar-refractivity contribution is 6.22. The molecule has 0 spiro atoms. The van der Waals surface area contributed by atoms with Crippen molar-refractivity contribution in [2.75, 3.05) is 0 Å². The van der Waals surface area contributed by atoms with Crippen molar-refractivity contribution < 1.29 is 4.42 Å². The number of benzene rings is 8. The highest BCUT2D eigenvalue weighted by Gasteiger charge is 2.36. The van der Waals surface area contributed by atoms with Gasteiger partial charge in [-0.1, -0.05) is 135 Å². The summed E-state index contributed by atoms with van der Waals surface area (Å²) in [7, 11) is 0. The number of fused-ring (bicyclic) bond motifs is 10. The van der Waals surface area contributed by atoms with Crippen LogP contribution in [0.2, 0.25) is 0 Å². The van der Waals surface area contributed by atoms with Crippen LogP contribution in [0.3, 0.4) is 0 Å². The highest BCUT2D eigenvalue weighted by atomic mass is 16.3. The zero-order valence-electron chi connectivity index (χ0n) is 25.8. The smallest absolute Gasteiger partial charge is 0.135 e. The van der Waals surface area contributed by atoms with Gasteiger partial charge in [-0.2, -0.15) is 0 Å². The van der Waals surface area contributed by atoms with Gasteiger partial charge in [0.05, 0.1) is 0 Å². The SMILES string of the molecule is CC1(C)c2ccccc2-c2ccc3cc(-c4c5ccccc5c(-c5ccc6oc7ccccc7c6c5)c5ccccc45)ccc3c21. The summed E-state index contributed by atoms with van der Waals surface area (Å²) in [6.45, 7) is 4.74. The first kappa shape index (κ1) is 25.6. The van der Waals surface area contributed by atoms with E-state index in [4.69, 9.17) is 4.42 Å². The molecule has 0 aliphatic heterocycles. The fourth-order valence-corrected chi connectivity index (χ4v) is 8.41. The summed E-state index contributed by atoms with van der Waals surface area (Å²) in [6.07, 6.45) is 0. The zero-order chi connectivity index (χ0) is 30.6. The molecule has 0 unspecified atom stereocenters. The fourth-order valence-electron chi connectivity index (χ4n) is 8.41. The maximum absolute atomic E-state index is 6.19. The van der Waals surface area contributed by atoms with E-state index in [9.17, 15) is 0 Å². The lowest BCUT2D eigenvalue weighted by atomic mass is 9.79. The van der Waals surface area contributed by atoms with Crippen LogP contribution < -0.4 is 0 Å². The Labute approximate surface area is 267 Å². The lowest BCUT2D eigenvalue weighted by Crippen LogP contribution is -2.15. The molecule has 216 valence electrons. The average Bonchev–Trinajstić information content (AvgIpc) is 3.58. The number of para-hydroxylation sites is 1. The standard InChI is InChI=1S/C45H30O/c1-45(2)39-17-9-7-11-31(39)37-23-19-27-25-28(20-22-30(27)44(37)45)42-33-13-3-5-15-35(33)43(36-16-6-4-14-34(36)42)29-21-24-41-38(26-29)32-12-8-10-18-40(32)46-41/h3-26H,1-2H3. The van der Waals surface area contributed by atoms with Gasteiger partial charge in [0.25, 0.3) is 0 Å². The maximum Gasteiger partial charge on any atom is 0.135 e. The van der Waals surface area contributed by atoms with Gasteiger partial charge in [-0.3, -0.25) is 0 Å². The Morgan fingerprint density at radius 3 is 1.70 bits per heavy atom. The molecule has 1 aliphatic rings. The lowest BCUT2D eigenvalue weighted by Gasteiger charge is -2.23. The molecule has 9 aromatic rings. The lowest BCUT2D eigenvalue weighted by molar-refractivity contribution is 0.666. The van der Waals surface area contributed by atoms with Gasteiger partial charge in [-0.25, -0.2) is 0 Å². The second-order valence-electron chi connectivity index (χ2n) is 13.2. The number of furan rings is 1. The van der Waals surface area contributed by atoms with Crippen molar-refractivity contribution in [2.24, 2.45) is 0 Å². The van der Waals surface area contributed by atoms with Crippen molar-refractivity contribution in [2.45, 2.75) is 19.3 Å². The van der Waals surface area contributed by atoms with Crippen LogP contribution in [0.5, 0.6) is 0 Å². The van der Waals surface area contributed by atoms with Crippen LogP contribution in [-0.4, -0.2) is 0 Å². The molecular weight excluding hydrogens is 556 g/mol. The molecule has 10 rings (SSSR count). The highest BCUT2D eigenvalue weighted by Crippen LogP contribution is 2.52. The van der Waals surface area contributed by atoms with Crippen LogP contribution in [0.25, 0.3) is 87.6 Å². The predicted octanol–water partition coefficient (Wildman–Crippen LogP) is 12.7. The summed E-state index contributed by atoms with van der Waals surface area (Å²) in [5, 5.41) is 9.97. The molecule has 1 aliphatic carbocycles. The summed E-state index contributed by atoms with van der Waals surface area (Å²) in [5.74, 6) is 0.